The fourth-order valence-corrected chi connectivity index (χ4v) is 3.30. The molecule has 0 unspecified atom stereocenters. The summed E-state index contributed by atoms with van der Waals surface area (Å²) in [6.45, 7) is 5.19. The third-order valence-electron chi connectivity index (χ3n) is 3.97. The summed E-state index contributed by atoms with van der Waals surface area (Å²) in [6.07, 6.45) is 0.399. The molecule has 0 aromatic heterocycles. The van der Waals surface area contributed by atoms with Gasteiger partial charge in [-0.05, 0) is 44.0 Å². The van der Waals surface area contributed by atoms with Crippen molar-refractivity contribution in [3.63, 3.8) is 0 Å². The summed E-state index contributed by atoms with van der Waals surface area (Å²) in [5.41, 5.74) is 0.635. The number of hydrogen-bond donors (Lipinski definition) is 1. The first-order valence-electron chi connectivity index (χ1n) is 9.43. The van der Waals surface area contributed by atoms with E-state index in [1.165, 1.54) is 12.1 Å². The Bertz CT molecular complexity index is 980. The zero-order chi connectivity index (χ0) is 22.4. The molecule has 0 aliphatic carbocycles. The molecule has 0 bridgehead atoms. The predicted molar refractivity (Wildman–Crippen MR) is 113 cm³/mol. The van der Waals surface area contributed by atoms with Crippen molar-refractivity contribution in [2.24, 2.45) is 0 Å². The third-order valence-corrected chi connectivity index (χ3v) is 5.08. The number of sulfone groups is 1. The van der Waals surface area contributed by atoms with Crippen molar-refractivity contribution in [2.45, 2.75) is 50.3 Å². The van der Waals surface area contributed by atoms with Crippen molar-refractivity contribution >= 4 is 21.9 Å². The van der Waals surface area contributed by atoms with E-state index in [0.717, 1.165) is 11.8 Å². The van der Waals surface area contributed by atoms with Gasteiger partial charge in [-0.1, -0.05) is 42.5 Å². The molecule has 0 radical (unpaired) electrons. The minimum atomic E-state index is -3.40. The number of benzene rings is 2. The minimum absolute atomic E-state index is 0.0511. The van der Waals surface area contributed by atoms with Gasteiger partial charge in [0.2, 0.25) is 0 Å². The molecule has 2 rings (SSSR count). The van der Waals surface area contributed by atoms with Crippen molar-refractivity contribution in [2.75, 3.05) is 6.26 Å². The van der Waals surface area contributed by atoms with E-state index in [2.05, 4.69) is 5.32 Å². The summed E-state index contributed by atoms with van der Waals surface area (Å²) < 4.78 is 34.2. The average Bonchev–Trinajstić information content (AvgIpc) is 2.64. The largest absolute Gasteiger partial charge is 0.459 e. The molecule has 1 atom stereocenters. The standard InChI is InChI=1S/C22H27NO6S/c1-22(2,3)29-21(25)23-19(20(24)28-15-16-9-6-5-7-10-16)14-17-11-8-12-18(13-17)30(4,26)27/h5-13,19H,14-15H2,1-4H3,(H,23,25)/t19-/m0/s1. The highest BCUT2D eigenvalue weighted by Gasteiger charge is 2.26. The van der Waals surface area contributed by atoms with Crippen LogP contribution < -0.4 is 5.32 Å². The fourth-order valence-electron chi connectivity index (χ4n) is 2.61. The number of alkyl carbamates (subject to hydrolysis) is 1. The van der Waals surface area contributed by atoms with Gasteiger partial charge in [0, 0.05) is 12.7 Å². The second-order valence-corrected chi connectivity index (χ2v) is 9.93. The molecule has 7 nitrogen and oxygen atoms in total. The average molecular weight is 434 g/mol. The Morgan fingerprint density at radius 1 is 1.00 bits per heavy atom. The van der Waals surface area contributed by atoms with Crippen LogP contribution in [0.25, 0.3) is 0 Å². The third kappa shape index (κ3) is 7.87. The Morgan fingerprint density at radius 3 is 2.23 bits per heavy atom. The number of ether oxygens (including phenoxy) is 2. The van der Waals surface area contributed by atoms with Crippen LogP contribution in [0, 0.1) is 0 Å². The van der Waals surface area contributed by atoms with Crippen LogP contribution in [0.3, 0.4) is 0 Å². The first kappa shape index (κ1) is 23.4. The van der Waals surface area contributed by atoms with Gasteiger partial charge in [0.1, 0.15) is 18.2 Å². The molecule has 0 aliphatic heterocycles. The monoisotopic (exact) mass is 433 g/mol. The van der Waals surface area contributed by atoms with Gasteiger partial charge in [-0.3, -0.25) is 0 Å². The lowest BCUT2D eigenvalue weighted by Crippen LogP contribution is -2.45. The van der Waals surface area contributed by atoms with Crippen LogP contribution in [-0.4, -0.2) is 38.4 Å². The first-order chi connectivity index (χ1) is 13.9. The molecule has 30 heavy (non-hydrogen) atoms. The van der Waals surface area contributed by atoms with E-state index in [1.54, 1.807) is 32.9 Å². The second kappa shape index (κ2) is 9.75. The Labute approximate surface area is 177 Å². The Hall–Kier alpha value is -2.87. The van der Waals surface area contributed by atoms with Gasteiger partial charge in [0.25, 0.3) is 0 Å². The minimum Gasteiger partial charge on any atom is -0.459 e. The summed E-state index contributed by atoms with van der Waals surface area (Å²) in [7, 11) is -3.40. The van der Waals surface area contributed by atoms with E-state index >= 15 is 0 Å². The van der Waals surface area contributed by atoms with E-state index in [9.17, 15) is 18.0 Å². The SMILES string of the molecule is CC(C)(C)OC(=O)N[C@@H](Cc1cccc(S(C)(=O)=O)c1)C(=O)OCc1ccccc1. The van der Waals surface area contributed by atoms with Gasteiger partial charge in [-0.2, -0.15) is 0 Å². The number of esters is 1. The number of carbonyl (C=O) groups excluding carboxylic acids is 2. The number of carbonyl (C=O) groups is 2. The molecule has 1 amide bonds. The maximum Gasteiger partial charge on any atom is 0.408 e. The quantitative estimate of drug-likeness (QED) is 0.673. The molecule has 0 fully saturated rings. The lowest BCUT2D eigenvalue weighted by molar-refractivity contribution is -0.147. The maximum absolute atomic E-state index is 12.7. The van der Waals surface area contributed by atoms with Crippen LogP contribution in [0.5, 0.6) is 0 Å². The molecule has 0 aliphatic rings. The zero-order valence-electron chi connectivity index (χ0n) is 17.5. The van der Waals surface area contributed by atoms with Crippen LogP contribution in [0.1, 0.15) is 31.9 Å². The Morgan fingerprint density at radius 2 is 1.63 bits per heavy atom. The van der Waals surface area contributed by atoms with Crippen molar-refractivity contribution in [3.8, 4) is 0 Å². The Kier molecular flexibility index (Phi) is 7.61. The van der Waals surface area contributed by atoms with E-state index in [1.807, 2.05) is 30.3 Å². The molecule has 2 aromatic carbocycles. The van der Waals surface area contributed by atoms with Crippen LogP contribution in [0.15, 0.2) is 59.5 Å². The van der Waals surface area contributed by atoms with Crippen LogP contribution in [0.2, 0.25) is 0 Å². The second-order valence-electron chi connectivity index (χ2n) is 7.92. The molecule has 0 spiro atoms. The molecule has 0 heterocycles. The molecule has 2 aromatic rings. The van der Waals surface area contributed by atoms with Gasteiger partial charge < -0.3 is 14.8 Å². The zero-order valence-corrected chi connectivity index (χ0v) is 18.4. The van der Waals surface area contributed by atoms with Gasteiger partial charge in [0.05, 0.1) is 4.90 Å². The molecule has 8 heteroatoms. The normalized spacial score (nSPS) is 12.7. The van der Waals surface area contributed by atoms with Crippen molar-refractivity contribution in [1.82, 2.24) is 5.32 Å². The summed E-state index contributed by atoms with van der Waals surface area (Å²) >= 11 is 0. The number of amides is 1. The van der Waals surface area contributed by atoms with Gasteiger partial charge in [-0.25, -0.2) is 18.0 Å². The predicted octanol–water partition coefficient (Wildman–Crippen LogP) is 3.27. The van der Waals surface area contributed by atoms with E-state index in [4.69, 9.17) is 9.47 Å². The van der Waals surface area contributed by atoms with E-state index in [-0.39, 0.29) is 17.9 Å². The van der Waals surface area contributed by atoms with Crippen LogP contribution in [0.4, 0.5) is 4.79 Å². The summed E-state index contributed by atoms with van der Waals surface area (Å²) in [5, 5.41) is 2.53. The molecule has 0 saturated carbocycles. The highest BCUT2D eigenvalue weighted by molar-refractivity contribution is 7.90. The molecular weight excluding hydrogens is 406 g/mol. The van der Waals surface area contributed by atoms with Gasteiger partial charge in [0.15, 0.2) is 9.84 Å². The van der Waals surface area contributed by atoms with Crippen LogP contribution >= 0.6 is 0 Å². The first-order valence-corrected chi connectivity index (χ1v) is 11.3. The van der Waals surface area contributed by atoms with E-state index < -0.39 is 33.5 Å². The molecule has 1 N–H and O–H groups in total. The van der Waals surface area contributed by atoms with Crippen molar-refractivity contribution < 1.29 is 27.5 Å². The number of hydrogen-bond acceptors (Lipinski definition) is 6. The summed E-state index contributed by atoms with van der Waals surface area (Å²) in [5.74, 6) is -0.644. The summed E-state index contributed by atoms with van der Waals surface area (Å²) in [6, 6.07) is 14.3. The topological polar surface area (TPSA) is 98.8 Å². The van der Waals surface area contributed by atoms with Gasteiger partial charge >= 0.3 is 12.1 Å². The van der Waals surface area contributed by atoms with Crippen molar-refractivity contribution in [1.29, 1.82) is 0 Å². The van der Waals surface area contributed by atoms with Crippen molar-refractivity contribution in [3.05, 3.63) is 65.7 Å². The maximum atomic E-state index is 12.7. The van der Waals surface area contributed by atoms with E-state index in [0.29, 0.717) is 5.56 Å². The summed E-state index contributed by atoms with van der Waals surface area (Å²) in [4.78, 5) is 25.1. The molecule has 162 valence electrons. The van der Waals surface area contributed by atoms with Crippen LogP contribution in [-0.2, 0) is 37.1 Å². The lowest BCUT2D eigenvalue weighted by atomic mass is 10.1. The number of rotatable bonds is 7. The number of nitrogens with one attached hydrogen (secondary N) is 1. The fraction of sp³-hybridized carbons (Fsp3) is 0.364. The van der Waals surface area contributed by atoms with Gasteiger partial charge in [-0.15, -0.1) is 0 Å². The highest BCUT2D eigenvalue weighted by atomic mass is 32.2. The lowest BCUT2D eigenvalue weighted by Gasteiger charge is -2.23. The molecule has 0 saturated heterocycles. The Balaban J connectivity index is 2.17. The molecular formula is C22H27NO6S. The highest BCUT2D eigenvalue weighted by Crippen LogP contribution is 2.15. The smallest absolute Gasteiger partial charge is 0.408 e.